The molecule has 2 aromatic rings. The molecule has 90 valence electrons. The van der Waals surface area contributed by atoms with Gasteiger partial charge in [-0.05, 0) is 40.7 Å². The Hall–Kier alpha value is -0.130. The van der Waals surface area contributed by atoms with E-state index in [1.54, 1.807) is 6.20 Å². The van der Waals surface area contributed by atoms with Crippen LogP contribution in [0, 0.1) is 0 Å². The molecule has 0 spiro atoms. The van der Waals surface area contributed by atoms with E-state index in [0.717, 1.165) is 15.6 Å². The molecule has 1 unspecified atom stereocenters. The molecule has 2 aromatic heterocycles. The molecule has 0 aromatic carbocycles. The summed E-state index contributed by atoms with van der Waals surface area (Å²) < 4.78 is 2.33. The van der Waals surface area contributed by atoms with Crippen LogP contribution in [0.2, 0.25) is 8.67 Å². The third-order valence-electron chi connectivity index (χ3n) is 2.34. The molecule has 0 aliphatic carbocycles. The molecule has 2 heterocycles. The van der Waals surface area contributed by atoms with E-state index in [9.17, 15) is 0 Å². The average molecular weight is 352 g/mol. The normalized spacial score (nSPS) is 12.7. The first-order valence-corrected chi connectivity index (χ1v) is 7.21. The standard InChI is InChI=1S/C11H9BrCl2N2S/c1-15-10(6-2-7(12)5-16-4-6)8-3-9(13)17-11(8)14/h2-5,10,15H,1H3. The van der Waals surface area contributed by atoms with Crippen molar-refractivity contribution in [2.75, 3.05) is 7.05 Å². The number of halogens is 3. The van der Waals surface area contributed by atoms with Gasteiger partial charge in [0, 0.05) is 22.4 Å². The molecule has 1 N–H and O–H groups in total. The lowest BCUT2D eigenvalue weighted by molar-refractivity contribution is 0.691. The number of pyridine rings is 1. The summed E-state index contributed by atoms with van der Waals surface area (Å²) in [5, 5.41) is 3.22. The van der Waals surface area contributed by atoms with Gasteiger partial charge in [0.15, 0.2) is 0 Å². The lowest BCUT2D eigenvalue weighted by Gasteiger charge is -2.15. The maximum absolute atomic E-state index is 6.17. The van der Waals surface area contributed by atoms with Crippen LogP contribution in [0.4, 0.5) is 0 Å². The van der Waals surface area contributed by atoms with Crippen molar-refractivity contribution in [3.8, 4) is 0 Å². The van der Waals surface area contributed by atoms with Gasteiger partial charge in [-0.1, -0.05) is 23.2 Å². The van der Waals surface area contributed by atoms with Gasteiger partial charge in [0.25, 0.3) is 0 Å². The zero-order valence-electron chi connectivity index (χ0n) is 8.88. The van der Waals surface area contributed by atoms with Crippen LogP contribution in [0.25, 0.3) is 0 Å². The Balaban J connectivity index is 2.43. The second-order valence-corrected chi connectivity index (χ2v) is 6.64. The van der Waals surface area contributed by atoms with Gasteiger partial charge in [0.2, 0.25) is 0 Å². The first-order valence-electron chi connectivity index (χ1n) is 4.84. The minimum atomic E-state index is -0.00347. The predicted octanol–water partition coefficient (Wildman–Crippen LogP) is 4.52. The van der Waals surface area contributed by atoms with Crippen molar-refractivity contribution in [1.29, 1.82) is 0 Å². The fourth-order valence-corrected chi connectivity index (χ4v) is 3.55. The Morgan fingerprint density at radius 2 is 2.12 bits per heavy atom. The van der Waals surface area contributed by atoms with Crippen LogP contribution >= 0.6 is 50.5 Å². The first kappa shape index (κ1) is 13.3. The summed E-state index contributed by atoms with van der Waals surface area (Å²) in [6, 6.07) is 3.89. The Labute approximate surface area is 122 Å². The largest absolute Gasteiger partial charge is 0.309 e. The topological polar surface area (TPSA) is 24.9 Å². The van der Waals surface area contributed by atoms with E-state index >= 15 is 0 Å². The molecule has 1 atom stereocenters. The van der Waals surface area contributed by atoms with E-state index in [4.69, 9.17) is 23.2 Å². The number of hydrogen-bond acceptors (Lipinski definition) is 3. The fourth-order valence-electron chi connectivity index (χ4n) is 1.64. The van der Waals surface area contributed by atoms with Gasteiger partial charge in [-0.2, -0.15) is 0 Å². The van der Waals surface area contributed by atoms with Crippen LogP contribution < -0.4 is 5.32 Å². The monoisotopic (exact) mass is 350 g/mol. The lowest BCUT2D eigenvalue weighted by atomic mass is 10.0. The minimum Gasteiger partial charge on any atom is -0.309 e. The molecular weight excluding hydrogens is 343 g/mol. The molecule has 6 heteroatoms. The molecule has 0 fully saturated rings. The predicted molar refractivity (Wildman–Crippen MR) is 77.2 cm³/mol. The highest BCUT2D eigenvalue weighted by Gasteiger charge is 2.18. The van der Waals surface area contributed by atoms with Crippen LogP contribution in [0.15, 0.2) is 29.0 Å². The maximum atomic E-state index is 6.17. The smallest absolute Gasteiger partial charge is 0.0995 e. The SMILES string of the molecule is CNC(c1cncc(Br)c1)c1cc(Cl)sc1Cl. The summed E-state index contributed by atoms with van der Waals surface area (Å²) in [6.07, 6.45) is 3.56. The van der Waals surface area contributed by atoms with Crippen molar-refractivity contribution in [2.24, 2.45) is 0 Å². The van der Waals surface area contributed by atoms with Crippen LogP contribution in [-0.4, -0.2) is 12.0 Å². The minimum absolute atomic E-state index is 0.00347. The summed E-state index contributed by atoms with van der Waals surface area (Å²) in [4.78, 5) is 4.16. The Kier molecular flexibility index (Phi) is 4.44. The maximum Gasteiger partial charge on any atom is 0.0995 e. The fraction of sp³-hybridized carbons (Fsp3) is 0.182. The van der Waals surface area contributed by atoms with Crippen molar-refractivity contribution in [3.05, 3.63) is 48.8 Å². The highest BCUT2D eigenvalue weighted by atomic mass is 79.9. The highest BCUT2D eigenvalue weighted by Crippen LogP contribution is 2.37. The van der Waals surface area contributed by atoms with Gasteiger partial charge in [-0.25, -0.2) is 0 Å². The molecule has 2 nitrogen and oxygen atoms in total. The molecule has 2 rings (SSSR count). The second kappa shape index (κ2) is 5.67. The highest BCUT2D eigenvalue weighted by molar-refractivity contribution is 9.10. The second-order valence-electron chi connectivity index (χ2n) is 3.44. The van der Waals surface area contributed by atoms with Crippen molar-refractivity contribution in [2.45, 2.75) is 6.04 Å². The van der Waals surface area contributed by atoms with Crippen molar-refractivity contribution in [1.82, 2.24) is 10.3 Å². The van der Waals surface area contributed by atoms with Gasteiger partial charge >= 0.3 is 0 Å². The third-order valence-corrected chi connectivity index (χ3v) is 4.29. The van der Waals surface area contributed by atoms with E-state index in [-0.39, 0.29) is 6.04 Å². The third kappa shape index (κ3) is 3.01. The molecule has 0 amide bonds. The van der Waals surface area contributed by atoms with Crippen molar-refractivity contribution in [3.63, 3.8) is 0 Å². The summed E-state index contributed by atoms with van der Waals surface area (Å²) in [5.41, 5.74) is 2.02. The van der Waals surface area contributed by atoms with Gasteiger partial charge < -0.3 is 5.32 Å². The Morgan fingerprint density at radius 3 is 2.65 bits per heavy atom. The molecule has 0 radical (unpaired) electrons. The van der Waals surface area contributed by atoms with Crippen LogP contribution in [0.3, 0.4) is 0 Å². The molecule has 0 saturated carbocycles. The molecule has 17 heavy (non-hydrogen) atoms. The van der Waals surface area contributed by atoms with Gasteiger partial charge in [-0.3, -0.25) is 4.98 Å². The Bertz CT molecular complexity index is 530. The number of hydrogen-bond donors (Lipinski definition) is 1. The molecule has 0 bridgehead atoms. The number of rotatable bonds is 3. The summed E-state index contributed by atoms with van der Waals surface area (Å²) in [6.45, 7) is 0. The van der Waals surface area contributed by atoms with Crippen LogP contribution in [0.5, 0.6) is 0 Å². The van der Waals surface area contributed by atoms with Crippen LogP contribution in [-0.2, 0) is 0 Å². The average Bonchev–Trinajstić information content (AvgIpc) is 2.59. The molecule has 0 saturated heterocycles. The number of nitrogens with zero attached hydrogens (tertiary/aromatic N) is 1. The summed E-state index contributed by atoms with van der Waals surface area (Å²) in [5.74, 6) is 0. The zero-order valence-corrected chi connectivity index (χ0v) is 12.8. The van der Waals surface area contributed by atoms with E-state index in [1.807, 2.05) is 25.4 Å². The summed E-state index contributed by atoms with van der Waals surface area (Å²) in [7, 11) is 1.88. The number of aromatic nitrogens is 1. The Morgan fingerprint density at radius 1 is 1.35 bits per heavy atom. The van der Waals surface area contributed by atoms with Crippen LogP contribution in [0.1, 0.15) is 17.2 Å². The van der Waals surface area contributed by atoms with Gasteiger partial charge in [0.1, 0.15) is 0 Å². The van der Waals surface area contributed by atoms with E-state index in [1.165, 1.54) is 11.3 Å². The molecule has 0 aliphatic heterocycles. The summed E-state index contributed by atoms with van der Waals surface area (Å²) >= 11 is 16.9. The molecular formula is C11H9BrCl2N2S. The van der Waals surface area contributed by atoms with Crippen molar-refractivity contribution < 1.29 is 0 Å². The van der Waals surface area contributed by atoms with Crippen molar-refractivity contribution >= 4 is 50.5 Å². The first-order chi connectivity index (χ1) is 8.11. The van der Waals surface area contributed by atoms with E-state index < -0.39 is 0 Å². The quantitative estimate of drug-likeness (QED) is 0.879. The van der Waals surface area contributed by atoms with E-state index in [0.29, 0.717) is 8.67 Å². The molecule has 0 aliphatic rings. The van der Waals surface area contributed by atoms with E-state index in [2.05, 4.69) is 26.2 Å². The number of thiophene rings is 1. The lowest BCUT2D eigenvalue weighted by Crippen LogP contribution is -2.17. The number of nitrogens with one attached hydrogen (secondary N) is 1. The van der Waals surface area contributed by atoms with Gasteiger partial charge in [-0.15, -0.1) is 11.3 Å². The zero-order chi connectivity index (χ0) is 12.4. The van der Waals surface area contributed by atoms with Gasteiger partial charge in [0.05, 0.1) is 14.7 Å².